The minimum absolute atomic E-state index is 0.207. The quantitative estimate of drug-likeness (QED) is 0.692. The number of rotatable bonds is 4. The highest BCUT2D eigenvalue weighted by Gasteiger charge is 2.23. The molecule has 1 aliphatic rings. The summed E-state index contributed by atoms with van der Waals surface area (Å²) in [7, 11) is 0. The first-order valence-electron chi connectivity index (χ1n) is 8.83. The molecule has 1 aromatic carbocycles. The second-order valence-corrected chi connectivity index (χ2v) is 6.41. The van der Waals surface area contributed by atoms with Crippen LogP contribution in [0, 0.1) is 12.3 Å². The first-order chi connectivity index (χ1) is 13.2. The van der Waals surface area contributed by atoms with Gasteiger partial charge in [0.05, 0.1) is 12.2 Å². The van der Waals surface area contributed by atoms with E-state index >= 15 is 0 Å². The molecule has 0 aliphatic heterocycles. The van der Waals surface area contributed by atoms with Crippen molar-refractivity contribution in [1.82, 2.24) is 19.9 Å². The summed E-state index contributed by atoms with van der Waals surface area (Å²) in [5, 5.41) is 6.38. The Labute approximate surface area is 156 Å². The molecular weight excluding hydrogens is 340 g/mol. The van der Waals surface area contributed by atoms with Crippen LogP contribution in [0.5, 0.6) is 0 Å². The van der Waals surface area contributed by atoms with Gasteiger partial charge in [-0.1, -0.05) is 18.4 Å². The Morgan fingerprint density at radius 2 is 2.11 bits per heavy atom. The maximum Gasteiger partial charge on any atom is 0.224 e. The van der Waals surface area contributed by atoms with E-state index in [-0.39, 0.29) is 11.8 Å². The summed E-state index contributed by atoms with van der Waals surface area (Å²) in [5.41, 5.74) is 2.76. The van der Waals surface area contributed by atoms with E-state index in [1.807, 2.05) is 24.3 Å². The average Bonchev–Trinajstić information content (AvgIpc) is 2.70. The van der Waals surface area contributed by atoms with Crippen molar-refractivity contribution in [2.45, 2.75) is 31.7 Å². The molecular formula is C20H18N6O. The lowest BCUT2D eigenvalue weighted by molar-refractivity contribution is -0.121. The number of Topliss-reactive ketones (excluding diaryl/α,β-unsaturated/α-hetero) is 1. The third-order valence-corrected chi connectivity index (χ3v) is 4.53. The van der Waals surface area contributed by atoms with Gasteiger partial charge in [-0.15, -0.1) is 6.42 Å². The summed E-state index contributed by atoms with van der Waals surface area (Å²) in [6.07, 6.45) is 11.9. The topological polar surface area (TPSA) is 92.7 Å². The average molecular weight is 358 g/mol. The van der Waals surface area contributed by atoms with E-state index in [1.165, 1.54) is 6.33 Å². The summed E-state index contributed by atoms with van der Waals surface area (Å²) < 4.78 is 0. The first kappa shape index (κ1) is 16.9. The molecule has 2 aromatic heterocycles. The molecule has 1 unspecified atom stereocenters. The van der Waals surface area contributed by atoms with Crippen LogP contribution in [0.4, 0.5) is 17.5 Å². The van der Waals surface area contributed by atoms with Gasteiger partial charge in [0.1, 0.15) is 17.4 Å². The summed E-state index contributed by atoms with van der Waals surface area (Å²) in [6, 6.07) is 7.25. The largest absolute Gasteiger partial charge is 0.344 e. The van der Waals surface area contributed by atoms with Gasteiger partial charge in [0.15, 0.2) is 11.6 Å². The number of ketones is 1. The molecule has 0 spiro atoms. The van der Waals surface area contributed by atoms with Crippen molar-refractivity contribution in [2.75, 3.05) is 10.6 Å². The minimum atomic E-state index is -0.232. The lowest BCUT2D eigenvalue weighted by atomic mass is 9.94. The summed E-state index contributed by atoms with van der Waals surface area (Å²) in [4.78, 5) is 29.4. The number of nitrogens with one attached hydrogen (secondary N) is 2. The molecule has 0 bridgehead atoms. The standard InChI is InChI=1S/C20H18N6O/c1-2-13-6-5-7-14(10-13)24-19-18-16(22-12-23-19)11-21-20(26-18)25-15-8-3-4-9-17(15)27/h1,5-7,10-12,15H,3-4,8-9H2,(H,21,25,26)(H,22,23,24). The predicted octanol–water partition coefficient (Wildman–Crippen LogP) is 3.07. The van der Waals surface area contributed by atoms with Gasteiger partial charge in [-0.25, -0.2) is 19.9 Å². The van der Waals surface area contributed by atoms with Crippen molar-refractivity contribution >= 4 is 34.3 Å². The first-order valence-corrected chi connectivity index (χ1v) is 8.83. The van der Waals surface area contributed by atoms with Crippen molar-refractivity contribution in [2.24, 2.45) is 0 Å². The predicted molar refractivity (Wildman–Crippen MR) is 104 cm³/mol. The summed E-state index contributed by atoms with van der Waals surface area (Å²) in [5.74, 6) is 3.77. The Balaban J connectivity index is 1.64. The Morgan fingerprint density at radius 3 is 2.96 bits per heavy atom. The molecule has 1 aliphatic carbocycles. The van der Waals surface area contributed by atoms with Crippen molar-refractivity contribution in [1.29, 1.82) is 0 Å². The van der Waals surface area contributed by atoms with Crippen molar-refractivity contribution in [3.63, 3.8) is 0 Å². The number of anilines is 3. The molecule has 2 heterocycles. The number of hydrogen-bond donors (Lipinski definition) is 2. The Bertz CT molecular complexity index is 1040. The lowest BCUT2D eigenvalue weighted by Crippen LogP contribution is -2.32. The molecule has 1 fully saturated rings. The fourth-order valence-electron chi connectivity index (χ4n) is 3.13. The van der Waals surface area contributed by atoms with Crippen LogP contribution in [0.3, 0.4) is 0 Å². The fraction of sp³-hybridized carbons (Fsp3) is 0.250. The molecule has 4 rings (SSSR count). The zero-order valence-electron chi connectivity index (χ0n) is 14.6. The number of nitrogens with zero attached hydrogens (tertiary/aromatic N) is 4. The van der Waals surface area contributed by atoms with E-state index in [0.717, 1.165) is 30.5 Å². The van der Waals surface area contributed by atoms with Gasteiger partial charge in [-0.2, -0.15) is 0 Å². The van der Waals surface area contributed by atoms with Crippen molar-refractivity contribution < 1.29 is 4.79 Å². The molecule has 0 radical (unpaired) electrons. The van der Waals surface area contributed by atoms with Crippen LogP contribution in [0.25, 0.3) is 11.0 Å². The molecule has 27 heavy (non-hydrogen) atoms. The Hall–Kier alpha value is -3.53. The normalized spacial score (nSPS) is 16.7. The van der Waals surface area contributed by atoms with Crippen LogP contribution in [-0.2, 0) is 4.79 Å². The third kappa shape index (κ3) is 3.70. The summed E-state index contributed by atoms with van der Waals surface area (Å²) >= 11 is 0. The monoisotopic (exact) mass is 358 g/mol. The van der Waals surface area contributed by atoms with E-state index in [2.05, 4.69) is 36.5 Å². The number of hydrogen-bond acceptors (Lipinski definition) is 7. The SMILES string of the molecule is C#Cc1cccc(Nc2ncnc3cnc(NC4CCCCC4=O)nc23)c1. The minimum Gasteiger partial charge on any atom is -0.344 e. The zero-order valence-corrected chi connectivity index (χ0v) is 14.6. The van der Waals surface area contributed by atoms with Crippen molar-refractivity contribution in [3.8, 4) is 12.3 Å². The second kappa shape index (κ2) is 7.38. The van der Waals surface area contributed by atoms with Crippen LogP contribution < -0.4 is 10.6 Å². The smallest absolute Gasteiger partial charge is 0.224 e. The lowest BCUT2D eigenvalue weighted by Gasteiger charge is -2.21. The van der Waals surface area contributed by atoms with Gasteiger partial charge < -0.3 is 10.6 Å². The third-order valence-electron chi connectivity index (χ3n) is 4.53. The molecule has 2 N–H and O–H groups in total. The summed E-state index contributed by atoms with van der Waals surface area (Å²) in [6.45, 7) is 0. The fourth-order valence-corrected chi connectivity index (χ4v) is 3.13. The van der Waals surface area contributed by atoms with E-state index in [4.69, 9.17) is 6.42 Å². The van der Waals surface area contributed by atoms with Gasteiger partial charge in [0.2, 0.25) is 5.95 Å². The van der Waals surface area contributed by atoms with Crippen molar-refractivity contribution in [3.05, 3.63) is 42.4 Å². The molecule has 3 aromatic rings. The van der Waals surface area contributed by atoms with Crippen LogP contribution >= 0.6 is 0 Å². The number of carbonyl (C=O) groups is 1. The highest BCUT2D eigenvalue weighted by molar-refractivity contribution is 5.89. The Kier molecular flexibility index (Phi) is 4.62. The van der Waals surface area contributed by atoms with Crippen LogP contribution in [0.1, 0.15) is 31.2 Å². The van der Waals surface area contributed by atoms with Gasteiger partial charge >= 0.3 is 0 Å². The molecule has 0 amide bonds. The maximum atomic E-state index is 12.1. The van der Waals surface area contributed by atoms with Gasteiger partial charge in [-0.3, -0.25) is 4.79 Å². The van der Waals surface area contributed by atoms with Crippen LogP contribution in [0.2, 0.25) is 0 Å². The Morgan fingerprint density at radius 1 is 1.19 bits per heavy atom. The number of carbonyl (C=O) groups excluding carboxylic acids is 1. The van der Waals surface area contributed by atoms with Gasteiger partial charge in [0.25, 0.3) is 0 Å². The maximum absolute atomic E-state index is 12.1. The highest BCUT2D eigenvalue weighted by atomic mass is 16.1. The second-order valence-electron chi connectivity index (χ2n) is 6.41. The van der Waals surface area contributed by atoms with Gasteiger partial charge in [-0.05, 0) is 31.0 Å². The molecule has 7 heteroatoms. The van der Waals surface area contributed by atoms with E-state index in [1.54, 1.807) is 6.20 Å². The van der Waals surface area contributed by atoms with E-state index in [0.29, 0.717) is 29.2 Å². The van der Waals surface area contributed by atoms with E-state index in [9.17, 15) is 4.79 Å². The zero-order chi connectivity index (χ0) is 18.6. The number of terminal acetylenes is 1. The number of fused-ring (bicyclic) bond motifs is 1. The van der Waals surface area contributed by atoms with Crippen LogP contribution in [0.15, 0.2) is 36.8 Å². The molecule has 7 nitrogen and oxygen atoms in total. The molecule has 134 valence electrons. The molecule has 0 saturated heterocycles. The molecule has 1 saturated carbocycles. The number of aromatic nitrogens is 4. The van der Waals surface area contributed by atoms with Gasteiger partial charge in [0, 0.05) is 17.7 Å². The van der Waals surface area contributed by atoms with E-state index < -0.39 is 0 Å². The van der Waals surface area contributed by atoms with Crippen LogP contribution in [-0.4, -0.2) is 31.8 Å². The molecule has 1 atom stereocenters. The highest BCUT2D eigenvalue weighted by Crippen LogP contribution is 2.23. The number of benzene rings is 1.